The van der Waals surface area contributed by atoms with Crippen LogP contribution in [0.4, 0.5) is 5.95 Å². The Morgan fingerprint density at radius 1 is 1.36 bits per heavy atom. The zero-order chi connectivity index (χ0) is 15.3. The monoisotopic (exact) mass is 312 g/mol. The van der Waals surface area contributed by atoms with Crippen LogP contribution in [0.5, 0.6) is 0 Å². The van der Waals surface area contributed by atoms with Crippen LogP contribution >= 0.6 is 11.3 Å². The normalized spacial score (nSPS) is 13.0. The van der Waals surface area contributed by atoms with Gasteiger partial charge in [0.05, 0.1) is 5.39 Å². The molecule has 2 aromatic heterocycles. The summed E-state index contributed by atoms with van der Waals surface area (Å²) in [5.41, 5.74) is 6.25. The summed E-state index contributed by atoms with van der Waals surface area (Å²) in [5.74, 6) is 5.94. The Hall–Kier alpha value is -2.18. The van der Waals surface area contributed by atoms with Gasteiger partial charge < -0.3 is 0 Å². The molecule has 0 unspecified atom stereocenters. The van der Waals surface area contributed by atoms with E-state index in [1.807, 2.05) is 13.0 Å². The second-order valence-corrected chi connectivity index (χ2v) is 6.38. The van der Waals surface area contributed by atoms with Crippen LogP contribution in [-0.4, -0.2) is 9.55 Å². The topological polar surface area (TPSA) is 72.9 Å². The number of anilines is 1. The number of benzene rings is 1. The smallest absolute Gasteiger partial charge is 0.263 e. The Morgan fingerprint density at radius 2 is 2.18 bits per heavy atom. The van der Waals surface area contributed by atoms with Gasteiger partial charge in [-0.1, -0.05) is 24.3 Å². The van der Waals surface area contributed by atoms with Crippen molar-refractivity contribution in [2.24, 2.45) is 5.84 Å². The minimum atomic E-state index is -0.00247. The number of rotatable bonds is 2. The maximum Gasteiger partial charge on any atom is 0.263 e. The van der Waals surface area contributed by atoms with Gasteiger partial charge in [0.2, 0.25) is 5.95 Å². The average Bonchev–Trinajstić information content (AvgIpc) is 2.93. The van der Waals surface area contributed by atoms with E-state index in [1.165, 1.54) is 16.0 Å². The third-order valence-electron chi connectivity index (χ3n) is 4.26. The quantitative estimate of drug-likeness (QED) is 0.563. The first-order valence-corrected chi connectivity index (χ1v) is 8.17. The number of nitrogens with two attached hydrogens (primary N) is 1. The van der Waals surface area contributed by atoms with E-state index in [2.05, 4.69) is 28.6 Å². The molecule has 3 aromatic rings. The van der Waals surface area contributed by atoms with Gasteiger partial charge in [0.15, 0.2) is 0 Å². The van der Waals surface area contributed by atoms with Crippen LogP contribution in [0, 0.1) is 0 Å². The van der Waals surface area contributed by atoms with Crippen LogP contribution in [0.3, 0.4) is 0 Å². The molecule has 1 aliphatic rings. The molecule has 2 heterocycles. The second kappa shape index (κ2) is 4.93. The number of nitrogens with one attached hydrogen (secondary N) is 1. The summed E-state index contributed by atoms with van der Waals surface area (Å²) in [6.07, 6.45) is 1.86. The van der Waals surface area contributed by atoms with E-state index in [-0.39, 0.29) is 5.56 Å². The molecule has 0 fully saturated rings. The van der Waals surface area contributed by atoms with Crippen LogP contribution in [0.2, 0.25) is 0 Å². The summed E-state index contributed by atoms with van der Waals surface area (Å²) in [7, 11) is 0. The molecule has 0 amide bonds. The zero-order valence-corrected chi connectivity index (χ0v) is 13.0. The first-order chi connectivity index (χ1) is 10.7. The van der Waals surface area contributed by atoms with E-state index in [9.17, 15) is 4.79 Å². The molecule has 1 aromatic carbocycles. The minimum Gasteiger partial charge on any atom is -0.294 e. The molecule has 3 N–H and O–H groups in total. The molecule has 0 saturated carbocycles. The van der Waals surface area contributed by atoms with Crippen molar-refractivity contribution in [2.75, 3.05) is 5.43 Å². The molecule has 0 bridgehead atoms. The van der Waals surface area contributed by atoms with Crippen LogP contribution in [0.1, 0.15) is 18.1 Å². The summed E-state index contributed by atoms with van der Waals surface area (Å²) in [6.45, 7) is 2.46. The summed E-state index contributed by atoms with van der Waals surface area (Å²) < 4.78 is 1.59. The maximum atomic E-state index is 12.8. The van der Waals surface area contributed by atoms with Crippen molar-refractivity contribution in [1.29, 1.82) is 0 Å². The second-order valence-electron chi connectivity index (χ2n) is 5.38. The Morgan fingerprint density at radius 3 is 2.95 bits per heavy atom. The third-order valence-corrected chi connectivity index (χ3v) is 5.42. The number of fused-ring (bicyclic) bond motifs is 5. The van der Waals surface area contributed by atoms with E-state index < -0.39 is 0 Å². The summed E-state index contributed by atoms with van der Waals surface area (Å²) >= 11 is 1.59. The first kappa shape index (κ1) is 13.5. The molecule has 1 aliphatic carbocycles. The van der Waals surface area contributed by atoms with Crippen molar-refractivity contribution >= 4 is 27.5 Å². The zero-order valence-electron chi connectivity index (χ0n) is 12.2. The fraction of sp³-hybridized carbons (Fsp3) is 0.250. The molecule has 5 nitrogen and oxygen atoms in total. The van der Waals surface area contributed by atoms with Crippen molar-refractivity contribution in [1.82, 2.24) is 9.55 Å². The van der Waals surface area contributed by atoms with Gasteiger partial charge in [-0.2, -0.15) is 0 Å². The fourth-order valence-electron chi connectivity index (χ4n) is 3.22. The Balaban J connectivity index is 2.09. The number of hydrogen-bond donors (Lipinski definition) is 2. The Bertz CT molecular complexity index is 941. The summed E-state index contributed by atoms with van der Waals surface area (Å²) in [4.78, 5) is 19.3. The molecular formula is C16H16N4OS. The average molecular weight is 312 g/mol. The summed E-state index contributed by atoms with van der Waals surface area (Å²) in [5, 5.41) is 0.760. The highest BCUT2D eigenvalue weighted by Crippen LogP contribution is 2.42. The molecule has 112 valence electrons. The van der Waals surface area contributed by atoms with Gasteiger partial charge in [-0.15, -0.1) is 11.3 Å². The van der Waals surface area contributed by atoms with Crippen LogP contribution < -0.4 is 16.8 Å². The van der Waals surface area contributed by atoms with Crippen LogP contribution in [0.15, 0.2) is 29.1 Å². The van der Waals surface area contributed by atoms with Gasteiger partial charge in [0, 0.05) is 11.4 Å². The molecule has 0 aliphatic heterocycles. The van der Waals surface area contributed by atoms with Gasteiger partial charge >= 0.3 is 0 Å². The minimum absolute atomic E-state index is 0.00247. The number of aromatic nitrogens is 2. The predicted octanol–water partition coefficient (Wildman–Crippen LogP) is 2.53. The van der Waals surface area contributed by atoms with Crippen LogP contribution in [-0.2, 0) is 19.4 Å². The van der Waals surface area contributed by atoms with Crippen molar-refractivity contribution in [3.05, 3.63) is 45.7 Å². The van der Waals surface area contributed by atoms with Gasteiger partial charge in [0.25, 0.3) is 5.56 Å². The molecule has 22 heavy (non-hydrogen) atoms. The van der Waals surface area contributed by atoms with Crippen molar-refractivity contribution < 1.29 is 0 Å². The SMILES string of the molecule is CCn1c(NN)nc2sc3c(c2c1=O)CCc1ccccc1-3. The lowest BCUT2D eigenvalue weighted by Crippen LogP contribution is -2.26. The molecule has 0 saturated heterocycles. The molecule has 0 radical (unpaired) electrons. The number of hydrogen-bond acceptors (Lipinski definition) is 5. The molecule has 0 atom stereocenters. The lowest BCUT2D eigenvalue weighted by Gasteiger charge is -2.16. The van der Waals surface area contributed by atoms with Gasteiger partial charge in [-0.05, 0) is 36.5 Å². The molecule has 6 heteroatoms. The maximum absolute atomic E-state index is 12.8. The van der Waals surface area contributed by atoms with E-state index in [0.717, 1.165) is 28.6 Å². The van der Waals surface area contributed by atoms with E-state index in [1.54, 1.807) is 15.9 Å². The fourth-order valence-corrected chi connectivity index (χ4v) is 4.49. The standard InChI is InChI=1S/C16H16N4OS/c1-2-20-15(21)12-11-8-7-9-5-3-4-6-10(9)13(11)22-14(12)18-16(20)19-17/h3-6H,2,7-8,17H2,1H3,(H,18,19). The van der Waals surface area contributed by atoms with Gasteiger partial charge in [-0.3, -0.25) is 14.8 Å². The highest BCUT2D eigenvalue weighted by atomic mass is 32.1. The van der Waals surface area contributed by atoms with Crippen molar-refractivity contribution in [2.45, 2.75) is 26.3 Å². The molecule has 4 rings (SSSR count). The lowest BCUT2D eigenvalue weighted by molar-refractivity contribution is 0.724. The van der Waals surface area contributed by atoms with Crippen LogP contribution in [0.25, 0.3) is 20.7 Å². The highest BCUT2D eigenvalue weighted by Gasteiger charge is 2.24. The van der Waals surface area contributed by atoms with Gasteiger partial charge in [-0.25, -0.2) is 10.8 Å². The van der Waals surface area contributed by atoms with E-state index >= 15 is 0 Å². The summed E-state index contributed by atoms with van der Waals surface area (Å²) in [6, 6.07) is 8.40. The van der Waals surface area contributed by atoms with Gasteiger partial charge in [0.1, 0.15) is 4.83 Å². The number of nitrogen functional groups attached to an aromatic ring is 1. The number of hydrazine groups is 1. The Kier molecular flexibility index (Phi) is 3.02. The predicted molar refractivity (Wildman–Crippen MR) is 90.2 cm³/mol. The van der Waals surface area contributed by atoms with Crippen molar-refractivity contribution in [3.8, 4) is 10.4 Å². The number of nitrogens with zero attached hydrogens (tertiary/aromatic N) is 2. The Labute approximate surface area is 131 Å². The van der Waals surface area contributed by atoms with E-state index in [0.29, 0.717) is 12.5 Å². The lowest BCUT2D eigenvalue weighted by atomic mass is 9.90. The number of thiophene rings is 1. The van der Waals surface area contributed by atoms with Crippen molar-refractivity contribution in [3.63, 3.8) is 0 Å². The molecular weight excluding hydrogens is 296 g/mol. The third kappa shape index (κ3) is 1.74. The molecule has 0 spiro atoms. The highest BCUT2D eigenvalue weighted by molar-refractivity contribution is 7.22. The largest absolute Gasteiger partial charge is 0.294 e. The first-order valence-electron chi connectivity index (χ1n) is 7.35. The van der Waals surface area contributed by atoms with E-state index in [4.69, 9.17) is 5.84 Å². The number of aryl methyl sites for hydroxylation is 2.